The molecule has 3 aromatic rings. The fraction of sp³-hybridized carbons (Fsp3) is 0.294. The van der Waals surface area contributed by atoms with E-state index in [0.29, 0.717) is 17.4 Å². The van der Waals surface area contributed by atoms with Gasteiger partial charge in [0.05, 0.1) is 5.56 Å². The van der Waals surface area contributed by atoms with Crippen LogP contribution in [0, 0.1) is 0 Å². The number of thiazole rings is 1. The van der Waals surface area contributed by atoms with Gasteiger partial charge >= 0.3 is 5.97 Å². The van der Waals surface area contributed by atoms with Crippen molar-refractivity contribution < 1.29 is 14.1 Å². The molecule has 122 valence electrons. The minimum atomic E-state index is -0.381. The van der Waals surface area contributed by atoms with Gasteiger partial charge in [0.25, 0.3) is 5.89 Å². The van der Waals surface area contributed by atoms with Gasteiger partial charge in [0.15, 0.2) is 11.9 Å². The second kappa shape index (κ2) is 6.16. The summed E-state index contributed by atoms with van der Waals surface area (Å²) < 4.78 is 10.7. The van der Waals surface area contributed by atoms with Crippen molar-refractivity contribution in [3.8, 4) is 11.5 Å². The average Bonchev–Trinajstić information content (AvgIpc) is 3.12. The molecule has 7 heteroatoms. The van der Waals surface area contributed by atoms with E-state index in [-0.39, 0.29) is 12.1 Å². The van der Waals surface area contributed by atoms with Crippen molar-refractivity contribution in [2.45, 2.75) is 31.8 Å². The predicted molar refractivity (Wildman–Crippen MR) is 87.7 cm³/mol. The van der Waals surface area contributed by atoms with Gasteiger partial charge in [-0.3, -0.25) is 0 Å². The van der Waals surface area contributed by atoms with Crippen molar-refractivity contribution in [3.63, 3.8) is 0 Å². The first-order valence-corrected chi connectivity index (χ1v) is 8.63. The smallest absolute Gasteiger partial charge is 0.338 e. The van der Waals surface area contributed by atoms with E-state index < -0.39 is 0 Å². The highest BCUT2D eigenvalue weighted by atomic mass is 32.1. The third kappa shape index (κ3) is 3.07. The molecule has 1 aliphatic carbocycles. The number of nitrogens with zero attached hydrogens (tertiary/aromatic N) is 3. The highest BCUT2D eigenvalue weighted by Crippen LogP contribution is 2.38. The SMILES string of the molecule is C[C@H](OC(=O)c1ccc(-c2nc(C3CC3)no2)cc1)c1nccs1. The lowest BCUT2D eigenvalue weighted by Crippen LogP contribution is -2.08. The molecule has 0 N–H and O–H groups in total. The number of hydrogen-bond donors (Lipinski definition) is 0. The standard InChI is InChI=1S/C17H15N3O3S/c1-10(16-18-8-9-24-16)22-17(21)13-6-4-12(5-7-13)15-19-14(20-23-15)11-2-3-11/h4-11H,2-3H2,1H3/t10-/m0/s1. The summed E-state index contributed by atoms with van der Waals surface area (Å²) in [5, 5.41) is 6.63. The monoisotopic (exact) mass is 341 g/mol. The van der Waals surface area contributed by atoms with Gasteiger partial charge < -0.3 is 9.26 Å². The van der Waals surface area contributed by atoms with Crippen LogP contribution >= 0.6 is 11.3 Å². The molecule has 1 atom stereocenters. The van der Waals surface area contributed by atoms with Crippen molar-refractivity contribution in [3.05, 3.63) is 52.2 Å². The first-order valence-electron chi connectivity index (χ1n) is 7.75. The Morgan fingerprint density at radius 2 is 2.12 bits per heavy atom. The summed E-state index contributed by atoms with van der Waals surface area (Å²) >= 11 is 1.46. The summed E-state index contributed by atoms with van der Waals surface area (Å²) in [7, 11) is 0. The second-order valence-corrected chi connectivity index (χ2v) is 6.65. The van der Waals surface area contributed by atoms with Crippen molar-refractivity contribution in [1.29, 1.82) is 0 Å². The highest BCUT2D eigenvalue weighted by molar-refractivity contribution is 7.09. The zero-order valence-corrected chi connectivity index (χ0v) is 13.8. The Morgan fingerprint density at radius 3 is 2.79 bits per heavy atom. The van der Waals surface area contributed by atoms with E-state index in [0.717, 1.165) is 29.2 Å². The molecule has 2 heterocycles. The Labute approximate surface area is 142 Å². The average molecular weight is 341 g/mol. The van der Waals surface area contributed by atoms with Gasteiger partial charge in [-0.15, -0.1) is 11.3 Å². The maximum Gasteiger partial charge on any atom is 0.338 e. The van der Waals surface area contributed by atoms with E-state index in [2.05, 4.69) is 15.1 Å². The van der Waals surface area contributed by atoms with E-state index in [9.17, 15) is 4.79 Å². The number of aromatic nitrogens is 3. The summed E-state index contributed by atoms with van der Waals surface area (Å²) in [5.41, 5.74) is 1.27. The van der Waals surface area contributed by atoms with E-state index in [1.165, 1.54) is 11.3 Å². The summed E-state index contributed by atoms with van der Waals surface area (Å²) in [6.45, 7) is 1.81. The molecule has 2 aromatic heterocycles. The fourth-order valence-electron chi connectivity index (χ4n) is 2.32. The largest absolute Gasteiger partial charge is 0.452 e. The third-order valence-electron chi connectivity index (χ3n) is 3.83. The van der Waals surface area contributed by atoms with Gasteiger partial charge in [-0.05, 0) is 44.0 Å². The molecule has 0 bridgehead atoms. The molecular weight excluding hydrogens is 326 g/mol. The van der Waals surface area contributed by atoms with Gasteiger partial charge in [0.1, 0.15) is 5.01 Å². The molecule has 0 amide bonds. The Hall–Kier alpha value is -2.54. The maximum absolute atomic E-state index is 12.2. The molecule has 0 spiro atoms. The highest BCUT2D eigenvalue weighted by Gasteiger charge is 2.29. The van der Waals surface area contributed by atoms with Crippen LogP contribution in [-0.4, -0.2) is 21.1 Å². The van der Waals surface area contributed by atoms with Crippen LogP contribution in [0.25, 0.3) is 11.5 Å². The quantitative estimate of drug-likeness (QED) is 0.653. The Balaban J connectivity index is 1.45. The minimum Gasteiger partial charge on any atom is -0.452 e. The summed E-state index contributed by atoms with van der Waals surface area (Å²) in [6, 6.07) is 6.98. The molecule has 0 unspecified atom stereocenters. The number of benzene rings is 1. The van der Waals surface area contributed by atoms with Crippen LogP contribution in [0.2, 0.25) is 0 Å². The zero-order valence-electron chi connectivity index (χ0n) is 13.0. The first-order chi connectivity index (χ1) is 11.7. The van der Waals surface area contributed by atoms with E-state index in [1.807, 2.05) is 12.3 Å². The number of esters is 1. The Bertz CT molecular complexity index is 838. The van der Waals surface area contributed by atoms with Gasteiger partial charge in [0.2, 0.25) is 0 Å². The Kier molecular flexibility index (Phi) is 3.86. The number of carbonyl (C=O) groups excluding carboxylic acids is 1. The molecular formula is C17H15N3O3S. The molecule has 1 aliphatic rings. The molecule has 1 aromatic carbocycles. The van der Waals surface area contributed by atoms with Gasteiger partial charge in [0, 0.05) is 23.1 Å². The zero-order chi connectivity index (χ0) is 16.5. The van der Waals surface area contributed by atoms with Crippen molar-refractivity contribution in [2.24, 2.45) is 0 Å². The molecule has 0 saturated heterocycles. The van der Waals surface area contributed by atoms with Crippen LogP contribution in [0.3, 0.4) is 0 Å². The number of hydrogen-bond acceptors (Lipinski definition) is 7. The predicted octanol–water partition coefficient (Wildman–Crippen LogP) is 3.99. The fourth-order valence-corrected chi connectivity index (χ4v) is 2.95. The van der Waals surface area contributed by atoms with Crippen LogP contribution in [0.15, 0.2) is 40.4 Å². The summed E-state index contributed by atoms with van der Waals surface area (Å²) in [5.74, 6) is 1.32. The molecule has 1 fully saturated rings. The van der Waals surface area contributed by atoms with Crippen LogP contribution in [0.5, 0.6) is 0 Å². The molecule has 1 saturated carbocycles. The topological polar surface area (TPSA) is 78.1 Å². The van der Waals surface area contributed by atoms with Crippen LogP contribution in [0.4, 0.5) is 0 Å². The molecule has 0 radical (unpaired) electrons. The van der Waals surface area contributed by atoms with E-state index >= 15 is 0 Å². The van der Waals surface area contributed by atoms with Gasteiger partial charge in [-0.1, -0.05) is 5.16 Å². The van der Waals surface area contributed by atoms with Crippen LogP contribution in [0.1, 0.15) is 53.0 Å². The van der Waals surface area contributed by atoms with E-state index in [1.54, 1.807) is 30.5 Å². The van der Waals surface area contributed by atoms with Crippen molar-refractivity contribution in [1.82, 2.24) is 15.1 Å². The minimum absolute atomic E-state index is 0.366. The number of rotatable bonds is 5. The maximum atomic E-state index is 12.2. The molecule has 6 nitrogen and oxygen atoms in total. The Morgan fingerprint density at radius 1 is 1.33 bits per heavy atom. The molecule has 24 heavy (non-hydrogen) atoms. The summed E-state index contributed by atoms with van der Waals surface area (Å²) in [4.78, 5) is 20.8. The van der Waals surface area contributed by atoms with Gasteiger partial charge in [-0.25, -0.2) is 9.78 Å². The first kappa shape index (κ1) is 15.0. The third-order valence-corrected chi connectivity index (χ3v) is 4.77. The van der Waals surface area contributed by atoms with Crippen molar-refractivity contribution >= 4 is 17.3 Å². The molecule has 0 aliphatic heterocycles. The van der Waals surface area contributed by atoms with Crippen LogP contribution in [-0.2, 0) is 4.74 Å². The normalized spacial score (nSPS) is 15.2. The molecule has 4 rings (SSSR count). The number of carbonyl (C=O) groups is 1. The van der Waals surface area contributed by atoms with Gasteiger partial charge in [-0.2, -0.15) is 4.98 Å². The summed E-state index contributed by atoms with van der Waals surface area (Å²) in [6.07, 6.45) is 3.58. The van der Waals surface area contributed by atoms with E-state index in [4.69, 9.17) is 9.26 Å². The number of ether oxygens (including phenoxy) is 1. The lowest BCUT2D eigenvalue weighted by molar-refractivity contribution is 0.0337. The second-order valence-electron chi connectivity index (χ2n) is 5.73. The van der Waals surface area contributed by atoms with Crippen molar-refractivity contribution in [2.75, 3.05) is 0 Å². The lowest BCUT2D eigenvalue weighted by atomic mass is 10.1. The van der Waals surface area contributed by atoms with Crippen LogP contribution < -0.4 is 0 Å². The lowest BCUT2D eigenvalue weighted by Gasteiger charge is -2.10.